The molecule has 0 atom stereocenters. The number of benzene rings is 3. The maximum absolute atomic E-state index is 12.1. The number of hydrogen-bond donors (Lipinski definition) is 0. The molecule has 0 saturated carbocycles. The lowest BCUT2D eigenvalue weighted by Gasteiger charge is -2.17. The molecule has 4 rings (SSSR count). The lowest BCUT2D eigenvalue weighted by molar-refractivity contribution is 0.0393. The molecule has 1 aliphatic rings. The first-order chi connectivity index (χ1) is 9.25. The summed E-state index contributed by atoms with van der Waals surface area (Å²) in [5.41, 5.74) is 0.946. The molecule has 0 radical (unpaired) electrons. The molecule has 3 nitrogen and oxygen atoms in total. The van der Waals surface area contributed by atoms with Crippen LogP contribution < -0.4 is 0 Å². The van der Waals surface area contributed by atoms with Gasteiger partial charge >= 0.3 is 11.9 Å². The van der Waals surface area contributed by atoms with E-state index in [1.807, 2.05) is 36.4 Å². The van der Waals surface area contributed by atoms with Crippen LogP contribution >= 0.6 is 0 Å². The first-order valence-electron chi connectivity index (χ1n) is 5.97. The van der Waals surface area contributed by atoms with Gasteiger partial charge in [-0.1, -0.05) is 36.4 Å². The quantitative estimate of drug-likeness (QED) is 0.348. The summed E-state index contributed by atoms with van der Waals surface area (Å²) >= 11 is 0. The highest BCUT2D eigenvalue weighted by Gasteiger charge is 2.28. The molecule has 0 saturated heterocycles. The minimum absolute atomic E-state index is 0.456. The molecule has 0 fully saturated rings. The summed E-state index contributed by atoms with van der Waals surface area (Å²) in [6.07, 6.45) is 0. The van der Waals surface area contributed by atoms with Crippen LogP contribution in [-0.4, -0.2) is 11.9 Å². The highest BCUT2D eigenvalue weighted by Crippen LogP contribution is 2.34. The topological polar surface area (TPSA) is 43.4 Å². The fourth-order valence-corrected chi connectivity index (χ4v) is 2.69. The summed E-state index contributed by atoms with van der Waals surface area (Å²) in [4.78, 5) is 23.8. The largest absolute Gasteiger partial charge is 0.386 e. The van der Waals surface area contributed by atoms with Crippen molar-refractivity contribution in [3.63, 3.8) is 0 Å². The van der Waals surface area contributed by atoms with Gasteiger partial charge < -0.3 is 4.74 Å². The Hall–Kier alpha value is -2.68. The number of carbonyl (C=O) groups is 2. The van der Waals surface area contributed by atoms with Crippen molar-refractivity contribution >= 4 is 33.5 Å². The van der Waals surface area contributed by atoms with Crippen LogP contribution in [0.4, 0.5) is 0 Å². The van der Waals surface area contributed by atoms with Gasteiger partial charge in [-0.05, 0) is 28.3 Å². The van der Waals surface area contributed by atoms with Crippen molar-refractivity contribution < 1.29 is 14.3 Å². The van der Waals surface area contributed by atoms with Crippen LogP contribution in [0.25, 0.3) is 21.5 Å². The third-order valence-electron chi connectivity index (χ3n) is 3.50. The molecule has 1 aliphatic heterocycles. The molecule has 0 aliphatic carbocycles. The smallest absolute Gasteiger partial charge is 0.347 e. The number of ether oxygens (including phenoxy) is 1. The van der Waals surface area contributed by atoms with E-state index in [0.29, 0.717) is 16.5 Å². The minimum atomic E-state index is -0.571. The average Bonchev–Trinajstić information content (AvgIpc) is 2.42. The number of rotatable bonds is 0. The van der Waals surface area contributed by atoms with Gasteiger partial charge in [0.1, 0.15) is 0 Å². The number of cyclic esters (lactones) is 2. The molecule has 0 aromatic heterocycles. The Morgan fingerprint density at radius 3 is 2.47 bits per heavy atom. The van der Waals surface area contributed by atoms with E-state index in [0.717, 1.165) is 16.2 Å². The predicted molar refractivity (Wildman–Crippen MR) is 71.2 cm³/mol. The number of carbonyl (C=O) groups excluding carboxylic acids is 2. The van der Waals surface area contributed by atoms with Crippen LogP contribution in [0.1, 0.15) is 20.7 Å². The van der Waals surface area contributed by atoms with Crippen molar-refractivity contribution in [2.75, 3.05) is 0 Å². The zero-order chi connectivity index (χ0) is 13.0. The Labute approximate surface area is 108 Å². The fourth-order valence-electron chi connectivity index (χ4n) is 2.69. The Morgan fingerprint density at radius 1 is 0.789 bits per heavy atom. The maximum Gasteiger partial charge on any atom is 0.347 e. The maximum atomic E-state index is 12.1. The molecular formula is C16H8O3. The molecule has 3 heteroatoms. The lowest BCUT2D eigenvalue weighted by Crippen LogP contribution is -2.19. The van der Waals surface area contributed by atoms with Gasteiger partial charge in [-0.2, -0.15) is 0 Å². The fraction of sp³-hybridized carbons (Fsp3) is 0. The second kappa shape index (κ2) is 3.42. The first kappa shape index (κ1) is 10.3. The van der Waals surface area contributed by atoms with Gasteiger partial charge in [0.25, 0.3) is 0 Å². The molecule has 90 valence electrons. The van der Waals surface area contributed by atoms with Crippen LogP contribution in [0, 0.1) is 0 Å². The van der Waals surface area contributed by atoms with Gasteiger partial charge in [0.05, 0.1) is 11.1 Å². The van der Waals surface area contributed by atoms with Crippen molar-refractivity contribution in [2.45, 2.75) is 0 Å². The Balaban J connectivity index is 2.35. The molecule has 1 heterocycles. The van der Waals surface area contributed by atoms with Crippen molar-refractivity contribution in [1.82, 2.24) is 0 Å². The van der Waals surface area contributed by atoms with Gasteiger partial charge in [0.2, 0.25) is 0 Å². The van der Waals surface area contributed by atoms with Gasteiger partial charge in [0.15, 0.2) is 0 Å². The standard InChI is InChI=1S/C16H8O3/c17-15-12-7-3-5-10-8-9-4-1-2-6-11(9)14(13(10)12)16(18)19-15/h1-8H. The van der Waals surface area contributed by atoms with Crippen LogP contribution in [0.3, 0.4) is 0 Å². The summed E-state index contributed by atoms with van der Waals surface area (Å²) in [6.45, 7) is 0. The zero-order valence-electron chi connectivity index (χ0n) is 9.84. The summed E-state index contributed by atoms with van der Waals surface area (Å²) in [5, 5.41) is 3.37. The van der Waals surface area contributed by atoms with Crippen LogP contribution in [-0.2, 0) is 4.74 Å². The number of hydrogen-bond acceptors (Lipinski definition) is 3. The number of fused-ring (bicyclic) bond motifs is 2. The molecule has 0 N–H and O–H groups in total. The van der Waals surface area contributed by atoms with Gasteiger partial charge in [-0.25, -0.2) is 9.59 Å². The third-order valence-corrected chi connectivity index (χ3v) is 3.50. The highest BCUT2D eigenvalue weighted by molar-refractivity contribution is 6.26. The highest BCUT2D eigenvalue weighted by atomic mass is 16.6. The van der Waals surface area contributed by atoms with Crippen LogP contribution in [0.15, 0.2) is 48.5 Å². The first-order valence-corrected chi connectivity index (χ1v) is 5.97. The normalized spacial score (nSPS) is 13.9. The number of esters is 2. The summed E-state index contributed by atoms with van der Waals surface area (Å²) in [7, 11) is 0. The molecule has 3 aromatic carbocycles. The SMILES string of the molecule is O=C1OC(=O)c2c3ccccc3cc3cccc1c23. The van der Waals surface area contributed by atoms with Crippen molar-refractivity contribution in [3.05, 3.63) is 59.7 Å². The Kier molecular flexibility index (Phi) is 1.85. The molecule has 3 aromatic rings. The lowest BCUT2D eigenvalue weighted by atomic mass is 9.92. The average molecular weight is 248 g/mol. The van der Waals surface area contributed by atoms with E-state index in [9.17, 15) is 9.59 Å². The Morgan fingerprint density at radius 2 is 1.58 bits per heavy atom. The molecule has 0 amide bonds. The second-order valence-electron chi connectivity index (χ2n) is 4.55. The van der Waals surface area contributed by atoms with E-state index in [1.54, 1.807) is 12.1 Å². The Bertz CT molecular complexity index is 878. The summed E-state index contributed by atoms with van der Waals surface area (Å²) in [6, 6.07) is 15.0. The van der Waals surface area contributed by atoms with E-state index < -0.39 is 11.9 Å². The minimum Gasteiger partial charge on any atom is -0.386 e. The van der Waals surface area contributed by atoms with E-state index in [2.05, 4.69) is 0 Å². The van der Waals surface area contributed by atoms with Crippen molar-refractivity contribution in [3.8, 4) is 0 Å². The van der Waals surface area contributed by atoms with Crippen molar-refractivity contribution in [2.24, 2.45) is 0 Å². The van der Waals surface area contributed by atoms with Gasteiger partial charge in [-0.15, -0.1) is 0 Å². The summed E-state index contributed by atoms with van der Waals surface area (Å²) in [5.74, 6) is -1.14. The third kappa shape index (κ3) is 1.27. The molecular weight excluding hydrogens is 240 g/mol. The monoisotopic (exact) mass is 248 g/mol. The second-order valence-corrected chi connectivity index (χ2v) is 4.55. The van der Waals surface area contributed by atoms with E-state index >= 15 is 0 Å². The van der Waals surface area contributed by atoms with Crippen LogP contribution in [0.5, 0.6) is 0 Å². The molecule has 0 unspecified atom stereocenters. The molecule has 19 heavy (non-hydrogen) atoms. The van der Waals surface area contributed by atoms with E-state index in [1.165, 1.54) is 0 Å². The molecule has 0 bridgehead atoms. The zero-order valence-corrected chi connectivity index (χ0v) is 9.84. The van der Waals surface area contributed by atoms with Crippen LogP contribution in [0.2, 0.25) is 0 Å². The van der Waals surface area contributed by atoms with Crippen molar-refractivity contribution in [1.29, 1.82) is 0 Å². The molecule has 0 spiro atoms. The van der Waals surface area contributed by atoms with E-state index in [-0.39, 0.29) is 0 Å². The summed E-state index contributed by atoms with van der Waals surface area (Å²) < 4.78 is 4.83. The van der Waals surface area contributed by atoms with Gasteiger partial charge in [-0.3, -0.25) is 0 Å². The van der Waals surface area contributed by atoms with Gasteiger partial charge in [0, 0.05) is 5.39 Å². The van der Waals surface area contributed by atoms with E-state index in [4.69, 9.17) is 4.74 Å². The predicted octanol–water partition coefficient (Wildman–Crippen LogP) is 3.30.